The molecule has 1 heterocycles. The van der Waals surface area contributed by atoms with Crippen molar-refractivity contribution in [1.29, 1.82) is 0 Å². The second kappa shape index (κ2) is 7.04. The zero-order valence-corrected chi connectivity index (χ0v) is 12.8. The van der Waals surface area contributed by atoms with Gasteiger partial charge in [-0.15, -0.1) is 0 Å². The molecular formula is C14H18BrFN2O2. The van der Waals surface area contributed by atoms with Gasteiger partial charge < -0.3 is 14.9 Å². The molecule has 1 fully saturated rings. The van der Waals surface area contributed by atoms with E-state index in [9.17, 15) is 14.3 Å². The van der Waals surface area contributed by atoms with Gasteiger partial charge in [-0.3, -0.25) is 4.79 Å². The first kappa shape index (κ1) is 15.3. The van der Waals surface area contributed by atoms with E-state index in [1.54, 1.807) is 4.90 Å². The highest BCUT2D eigenvalue weighted by Crippen LogP contribution is 2.17. The summed E-state index contributed by atoms with van der Waals surface area (Å²) < 4.78 is 13.7. The maximum absolute atomic E-state index is 13.7. The molecule has 0 atom stereocenters. The minimum absolute atomic E-state index is 0.0248. The number of phenolic OH excluding ortho intramolecular Hbond substituents is 1. The molecule has 1 amide bonds. The lowest BCUT2D eigenvalue weighted by molar-refractivity contribution is 0.0757. The zero-order valence-electron chi connectivity index (χ0n) is 11.2. The van der Waals surface area contributed by atoms with Crippen LogP contribution in [0, 0.1) is 5.82 Å². The Labute approximate surface area is 126 Å². The number of amides is 1. The molecule has 0 aliphatic carbocycles. The van der Waals surface area contributed by atoms with Crippen molar-refractivity contribution in [2.45, 2.75) is 6.42 Å². The fourth-order valence-corrected chi connectivity index (χ4v) is 2.87. The van der Waals surface area contributed by atoms with Crippen LogP contribution in [0.5, 0.6) is 5.75 Å². The van der Waals surface area contributed by atoms with E-state index in [0.717, 1.165) is 37.5 Å². The summed E-state index contributed by atoms with van der Waals surface area (Å²) in [7, 11) is 0. The summed E-state index contributed by atoms with van der Waals surface area (Å²) in [6.07, 6.45) is 0.887. The van der Waals surface area contributed by atoms with E-state index in [2.05, 4.69) is 20.8 Å². The number of hydrogen-bond donors (Lipinski definition) is 1. The van der Waals surface area contributed by atoms with Crippen LogP contribution in [0.1, 0.15) is 16.8 Å². The molecule has 1 saturated heterocycles. The third-order valence-electron chi connectivity index (χ3n) is 3.46. The minimum Gasteiger partial charge on any atom is -0.508 e. The van der Waals surface area contributed by atoms with Gasteiger partial charge in [-0.2, -0.15) is 0 Å². The number of phenols is 1. The fourth-order valence-electron chi connectivity index (χ4n) is 2.36. The van der Waals surface area contributed by atoms with Crippen LogP contribution in [0.3, 0.4) is 0 Å². The van der Waals surface area contributed by atoms with Gasteiger partial charge in [0.15, 0.2) is 0 Å². The average Bonchev–Trinajstić information content (AvgIpc) is 2.64. The maximum atomic E-state index is 13.7. The van der Waals surface area contributed by atoms with Crippen LogP contribution in [0.4, 0.5) is 4.39 Å². The van der Waals surface area contributed by atoms with Crippen molar-refractivity contribution in [2.75, 3.05) is 38.1 Å². The SMILES string of the molecule is O=C(c1ccc(O)cc1F)N1CCCN(CCBr)CC1. The Morgan fingerprint density at radius 3 is 2.80 bits per heavy atom. The van der Waals surface area contributed by atoms with Gasteiger partial charge in [-0.25, -0.2) is 4.39 Å². The van der Waals surface area contributed by atoms with Gasteiger partial charge in [0.2, 0.25) is 0 Å². The summed E-state index contributed by atoms with van der Waals surface area (Å²) in [5.41, 5.74) is 0.0248. The van der Waals surface area contributed by atoms with Gasteiger partial charge in [0.1, 0.15) is 11.6 Å². The summed E-state index contributed by atoms with van der Waals surface area (Å²) in [6, 6.07) is 3.65. The highest BCUT2D eigenvalue weighted by Gasteiger charge is 2.22. The number of benzene rings is 1. The Balaban J connectivity index is 2.05. The number of aromatic hydroxyl groups is 1. The van der Waals surface area contributed by atoms with Crippen LogP contribution in [-0.2, 0) is 0 Å². The quantitative estimate of drug-likeness (QED) is 0.853. The highest BCUT2D eigenvalue weighted by atomic mass is 79.9. The van der Waals surface area contributed by atoms with Crippen molar-refractivity contribution in [2.24, 2.45) is 0 Å². The van der Waals surface area contributed by atoms with Crippen LogP contribution in [0.2, 0.25) is 0 Å². The van der Waals surface area contributed by atoms with Crippen molar-refractivity contribution < 1.29 is 14.3 Å². The Morgan fingerprint density at radius 2 is 2.10 bits per heavy atom. The molecule has 1 aliphatic rings. The first-order chi connectivity index (χ1) is 9.61. The number of carbonyl (C=O) groups excluding carboxylic acids is 1. The predicted molar refractivity (Wildman–Crippen MR) is 78.8 cm³/mol. The second-order valence-corrected chi connectivity index (χ2v) is 5.63. The van der Waals surface area contributed by atoms with Crippen molar-refractivity contribution in [3.63, 3.8) is 0 Å². The predicted octanol–water partition coefficient (Wildman–Crippen LogP) is 2.07. The number of rotatable bonds is 3. The standard InChI is InChI=1S/C14H18BrFN2O2/c15-4-7-17-5-1-6-18(9-8-17)14(20)12-3-2-11(19)10-13(12)16/h2-3,10,19H,1,4-9H2. The van der Waals surface area contributed by atoms with Gasteiger partial charge in [-0.1, -0.05) is 15.9 Å². The molecule has 1 aliphatic heterocycles. The molecular weight excluding hydrogens is 327 g/mol. The summed E-state index contributed by atoms with van der Waals surface area (Å²) >= 11 is 3.41. The fraction of sp³-hybridized carbons (Fsp3) is 0.500. The molecule has 1 aromatic carbocycles. The number of carbonyl (C=O) groups is 1. The van der Waals surface area contributed by atoms with Crippen molar-refractivity contribution in [1.82, 2.24) is 9.80 Å². The van der Waals surface area contributed by atoms with Gasteiger partial charge in [0.25, 0.3) is 5.91 Å². The van der Waals surface area contributed by atoms with E-state index >= 15 is 0 Å². The number of halogens is 2. The molecule has 20 heavy (non-hydrogen) atoms. The molecule has 6 heteroatoms. The molecule has 4 nitrogen and oxygen atoms in total. The van der Waals surface area contributed by atoms with Crippen LogP contribution in [0.25, 0.3) is 0 Å². The largest absolute Gasteiger partial charge is 0.508 e. The molecule has 1 aromatic rings. The van der Waals surface area contributed by atoms with Crippen LogP contribution < -0.4 is 0 Å². The van der Waals surface area contributed by atoms with E-state index in [0.29, 0.717) is 13.1 Å². The second-order valence-electron chi connectivity index (χ2n) is 4.84. The van der Waals surface area contributed by atoms with E-state index in [-0.39, 0.29) is 17.2 Å². The van der Waals surface area contributed by atoms with E-state index in [4.69, 9.17) is 0 Å². The lowest BCUT2D eigenvalue weighted by Crippen LogP contribution is -2.36. The lowest BCUT2D eigenvalue weighted by Gasteiger charge is -2.21. The van der Waals surface area contributed by atoms with E-state index in [1.807, 2.05) is 0 Å². The van der Waals surface area contributed by atoms with Crippen LogP contribution in [-0.4, -0.2) is 58.9 Å². The maximum Gasteiger partial charge on any atom is 0.256 e. The molecule has 110 valence electrons. The van der Waals surface area contributed by atoms with Gasteiger partial charge >= 0.3 is 0 Å². The number of alkyl halides is 1. The minimum atomic E-state index is -0.670. The van der Waals surface area contributed by atoms with Crippen LogP contribution in [0.15, 0.2) is 18.2 Å². The molecule has 1 N–H and O–H groups in total. The zero-order chi connectivity index (χ0) is 14.5. The summed E-state index contributed by atoms with van der Waals surface area (Å²) in [5.74, 6) is -1.14. The monoisotopic (exact) mass is 344 g/mol. The molecule has 0 aromatic heterocycles. The topological polar surface area (TPSA) is 43.8 Å². The molecule has 0 saturated carbocycles. The average molecular weight is 345 g/mol. The first-order valence-electron chi connectivity index (χ1n) is 6.68. The lowest BCUT2D eigenvalue weighted by atomic mass is 10.1. The smallest absolute Gasteiger partial charge is 0.256 e. The summed E-state index contributed by atoms with van der Waals surface area (Å²) in [5, 5.41) is 10.1. The summed E-state index contributed by atoms with van der Waals surface area (Å²) in [4.78, 5) is 16.3. The van der Waals surface area contributed by atoms with E-state index in [1.165, 1.54) is 12.1 Å². The Bertz CT molecular complexity index is 484. The van der Waals surface area contributed by atoms with Crippen molar-refractivity contribution in [3.05, 3.63) is 29.6 Å². The number of nitrogens with zero attached hydrogens (tertiary/aromatic N) is 2. The van der Waals surface area contributed by atoms with Gasteiger partial charge in [-0.05, 0) is 25.1 Å². The first-order valence-corrected chi connectivity index (χ1v) is 7.80. The molecule has 2 rings (SSSR count). The number of hydrogen-bond acceptors (Lipinski definition) is 3. The van der Waals surface area contributed by atoms with Crippen LogP contribution >= 0.6 is 15.9 Å². The van der Waals surface area contributed by atoms with E-state index < -0.39 is 5.82 Å². The Kier molecular flexibility index (Phi) is 5.37. The summed E-state index contributed by atoms with van der Waals surface area (Å²) in [6.45, 7) is 3.95. The Morgan fingerprint density at radius 1 is 1.30 bits per heavy atom. The van der Waals surface area contributed by atoms with Crippen molar-refractivity contribution in [3.8, 4) is 5.75 Å². The normalized spacial score (nSPS) is 17.0. The van der Waals surface area contributed by atoms with Gasteiger partial charge in [0.05, 0.1) is 5.56 Å². The highest BCUT2D eigenvalue weighted by molar-refractivity contribution is 9.09. The van der Waals surface area contributed by atoms with Gasteiger partial charge in [0, 0.05) is 37.6 Å². The van der Waals surface area contributed by atoms with Crippen molar-refractivity contribution >= 4 is 21.8 Å². The Hall–Kier alpha value is -1.14. The molecule has 0 unspecified atom stereocenters. The third-order valence-corrected chi connectivity index (χ3v) is 3.81. The molecule has 0 bridgehead atoms. The molecule has 0 spiro atoms. The third kappa shape index (κ3) is 3.70. The molecule has 0 radical (unpaired) electrons.